The standard InChI is InChI=1S/C24H38O8/c1-20(2)29-14-22(5,15-30-20)10-8-12-24(18(25)26,19(27)28-7)13-9-11-23(6)16-31-21(3,4)32-17-23/h8-11H,12-17H2,1-7H3,(H,25,26)/b10-8+,11-9+. The molecule has 32 heavy (non-hydrogen) atoms. The Morgan fingerprint density at radius 1 is 0.812 bits per heavy atom. The molecule has 0 aliphatic carbocycles. The van der Waals surface area contributed by atoms with Crippen molar-refractivity contribution in [1.29, 1.82) is 0 Å². The van der Waals surface area contributed by atoms with Crippen LogP contribution in [0.1, 0.15) is 54.4 Å². The second-order valence-electron chi connectivity index (χ2n) is 10.4. The van der Waals surface area contributed by atoms with Crippen molar-refractivity contribution in [2.24, 2.45) is 16.2 Å². The molecule has 0 aromatic rings. The van der Waals surface area contributed by atoms with Gasteiger partial charge in [0.25, 0.3) is 0 Å². The van der Waals surface area contributed by atoms with Gasteiger partial charge in [0.1, 0.15) is 0 Å². The maximum Gasteiger partial charge on any atom is 0.323 e. The highest BCUT2D eigenvalue weighted by molar-refractivity contribution is 5.99. The molecule has 8 heteroatoms. The minimum atomic E-state index is -1.74. The van der Waals surface area contributed by atoms with Gasteiger partial charge in [-0.2, -0.15) is 0 Å². The molecular formula is C24H38O8. The molecule has 0 spiro atoms. The van der Waals surface area contributed by atoms with Crippen molar-refractivity contribution >= 4 is 11.9 Å². The van der Waals surface area contributed by atoms with Crippen molar-refractivity contribution in [3.63, 3.8) is 0 Å². The third kappa shape index (κ3) is 6.63. The smallest absolute Gasteiger partial charge is 0.323 e. The Kier molecular flexibility index (Phi) is 7.98. The molecule has 2 heterocycles. The van der Waals surface area contributed by atoms with Crippen molar-refractivity contribution in [3.05, 3.63) is 24.3 Å². The molecule has 0 atom stereocenters. The Balaban J connectivity index is 2.14. The first-order valence-electron chi connectivity index (χ1n) is 10.9. The number of methoxy groups -OCH3 is 1. The summed E-state index contributed by atoms with van der Waals surface area (Å²) in [5, 5.41) is 10.00. The first-order valence-corrected chi connectivity index (χ1v) is 10.9. The maximum absolute atomic E-state index is 12.6. The maximum atomic E-state index is 12.6. The third-order valence-corrected chi connectivity index (χ3v) is 5.96. The lowest BCUT2D eigenvalue weighted by atomic mass is 9.78. The van der Waals surface area contributed by atoms with Crippen LogP contribution in [0.3, 0.4) is 0 Å². The molecule has 2 rings (SSSR count). The predicted octanol–water partition coefficient (Wildman–Crippen LogP) is 3.70. The highest BCUT2D eigenvalue weighted by Gasteiger charge is 2.46. The van der Waals surface area contributed by atoms with Crippen LogP contribution in [0.2, 0.25) is 0 Å². The van der Waals surface area contributed by atoms with Gasteiger partial charge in [0, 0.05) is 10.8 Å². The lowest BCUT2D eigenvalue weighted by Gasteiger charge is -2.40. The summed E-state index contributed by atoms with van der Waals surface area (Å²) < 4.78 is 27.8. The number of allylic oxidation sites excluding steroid dienone is 2. The molecule has 2 saturated heterocycles. The van der Waals surface area contributed by atoms with E-state index in [1.807, 2.05) is 53.7 Å². The molecule has 2 aliphatic heterocycles. The zero-order valence-corrected chi connectivity index (χ0v) is 20.4. The van der Waals surface area contributed by atoms with Gasteiger partial charge in [-0.05, 0) is 40.5 Å². The van der Waals surface area contributed by atoms with Gasteiger partial charge in [0.05, 0.1) is 33.5 Å². The van der Waals surface area contributed by atoms with Crippen LogP contribution >= 0.6 is 0 Å². The Labute approximate surface area is 190 Å². The van der Waals surface area contributed by atoms with E-state index in [1.54, 1.807) is 12.2 Å². The van der Waals surface area contributed by atoms with E-state index >= 15 is 0 Å². The number of carboxylic acids is 1. The van der Waals surface area contributed by atoms with Crippen molar-refractivity contribution in [1.82, 2.24) is 0 Å². The highest BCUT2D eigenvalue weighted by Crippen LogP contribution is 2.36. The van der Waals surface area contributed by atoms with Crippen LogP contribution in [-0.4, -0.2) is 62.2 Å². The van der Waals surface area contributed by atoms with Crippen molar-refractivity contribution in [2.45, 2.75) is 66.0 Å². The molecule has 1 N–H and O–H groups in total. The summed E-state index contributed by atoms with van der Waals surface area (Å²) in [7, 11) is 1.20. The van der Waals surface area contributed by atoms with E-state index in [9.17, 15) is 14.7 Å². The lowest BCUT2D eigenvalue weighted by Crippen LogP contribution is -2.44. The first kappa shape index (κ1) is 26.5. The van der Waals surface area contributed by atoms with Gasteiger partial charge < -0.3 is 28.8 Å². The molecule has 0 aromatic carbocycles. The minimum absolute atomic E-state index is 0.0188. The average molecular weight is 455 g/mol. The van der Waals surface area contributed by atoms with Gasteiger partial charge in [-0.15, -0.1) is 0 Å². The Bertz CT molecular complexity index is 683. The van der Waals surface area contributed by atoms with Crippen LogP contribution < -0.4 is 0 Å². The van der Waals surface area contributed by atoms with E-state index < -0.39 is 39.8 Å². The summed E-state index contributed by atoms with van der Waals surface area (Å²) in [6.45, 7) is 13.0. The molecule has 0 bridgehead atoms. The lowest BCUT2D eigenvalue weighted by molar-refractivity contribution is -0.274. The van der Waals surface area contributed by atoms with Crippen LogP contribution in [0.4, 0.5) is 0 Å². The van der Waals surface area contributed by atoms with Gasteiger partial charge in [-0.3, -0.25) is 9.59 Å². The Morgan fingerprint density at radius 3 is 1.44 bits per heavy atom. The summed E-state index contributed by atoms with van der Waals surface area (Å²) in [5.41, 5.74) is -2.56. The van der Waals surface area contributed by atoms with Gasteiger partial charge >= 0.3 is 11.9 Å². The van der Waals surface area contributed by atoms with Crippen molar-refractivity contribution in [3.8, 4) is 0 Å². The number of rotatable bonds is 8. The van der Waals surface area contributed by atoms with Gasteiger partial charge in [0.15, 0.2) is 17.0 Å². The van der Waals surface area contributed by atoms with Crippen molar-refractivity contribution in [2.75, 3.05) is 33.5 Å². The summed E-state index contributed by atoms with van der Waals surface area (Å²) >= 11 is 0. The molecule has 2 aliphatic rings. The fourth-order valence-electron chi connectivity index (χ4n) is 3.51. The van der Waals surface area contributed by atoms with E-state index in [-0.39, 0.29) is 12.8 Å². The van der Waals surface area contributed by atoms with E-state index in [4.69, 9.17) is 23.7 Å². The van der Waals surface area contributed by atoms with E-state index in [0.29, 0.717) is 26.4 Å². The van der Waals surface area contributed by atoms with Gasteiger partial charge in [-0.1, -0.05) is 38.2 Å². The van der Waals surface area contributed by atoms with Crippen LogP contribution in [0.15, 0.2) is 24.3 Å². The van der Waals surface area contributed by atoms with Crippen LogP contribution in [0, 0.1) is 16.2 Å². The Morgan fingerprint density at radius 2 is 1.16 bits per heavy atom. The largest absolute Gasteiger partial charge is 0.480 e. The predicted molar refractivity (Wildman–Crippen MR) is 118 cm³/mol. The zero-order chi connectivity index (χ0) is 24.3. The molecule has 8 nitrogen and oxygen atoms in total. The molecule has 0 saturated carbocycles. The SMILES string of the molecule is COC(=O)C(C/C=C/C1(C)COC(C)(C)OC1)(C/C=C/C1(C)COC(C)(C)OC1)C(=O)O. The molecule has 0 aromatic heterocycles. The van der Waals surface area contributed by atoms with E-state index in [1.165, 1.54) is 7.11 Å². The number of carbonyl (C=O) groups is 2. The van der Waals surface area contributed by atoms with E-state index in [2.05, 4.69) is 0 Å². The van der Waals surface area contributed by atoms with Gasteiger partial charge in [0.2, 0.25) is 0 Å². The minimum Gasteiger partial charge on any atom is -0.480 e. The zero-order valence-electron chi connectivity index (χ0n) is 20.4. The number of hydrogen-bond donors (Lipinski definition) is 1. The molecule has 0 unspecified atom stereocenters. The van der Waals surface area contributed by atoms with Crippen LogP contribution in [0.5, 0.6) is 0 Å². The number of ether oxygens (including phenoxy) is 5. The monoisotopic (exact) mass is 454 g/mol. The van der Waals surface area contributed by atoms with Crippen LogP contribution in [0.25, 0.3) is 0 Å². The number of aliphatic carboxylic acids is 1. The van der Waals surface area contributed by atoms with Crippen LogP contribution in [-0.2, 0) is 33.3 Å². The number of esters is 1. The quantitative estimate of drug-likeness (QED) is 0.337. The second kappa shape index (κ2) is 9.63. The third-order valence-electron chi connectivity index (χ3n) is 5.96. The molecule has 0 amide bonds. The molecule has 182 valence electrons. The summed E-state index contributed by atoms with van der Waals surface area (Å²) in [6, 6.07) is 0. The first-order chi connectivity index (χ1) is 14.7. The topological polar surface area (TPSA) is 101 Å². The molecular weight excluding hydrogens is 416 g/mol. The highest BCUT2D eigenvalue weighted by atomic mass is 16.7. The summed E-state index contributed by atoms with van der Waals surface area (Å²) in [5.74, 6) is -3.31. The number of carboxylic acid groups (broad SMARTS) is 1. The van der Waals surface area contributed by atoms with E-state index in [0.717, 1.165) is 0 Å². The molecule has 0 radical (unpaired) electrons. The Hall–Kier alpha value is -1.74. The normalized spacial score (nSPS) is 24.5. The van der Waals surface area contributed by atoms with Crippen molar-refractivity contribution < 1.29 is 38.4 Å². The summed E-state index contributed by atoms with van der Waals surface area (Å²) in [6.07, 6.45) is 7.10. The fraction of sp³-hybridized carbons (Fsp3) is 0.750. The molecule has 2 fully saturated rings. The average Bonchev–Trinajstić information content (AvgIpc) is 2.71. The van der Waals surface area contributed by atoms with Gasteiger partial charge in [-0.25, -0.2) is 0 Å². The summed E-state index contributed by atoms with van der Waals surface area (Å²) in [4.78, 5) is 24.8. The number of hydrogen-bond acceptors (Lipinski definition) is 7. The fourth-order valence-corrected chi connectivity index (χ4v) is 3.51. The number of carbonyl (C=O) groups excluding carboxylic acids is 1. The second-order valence-corrected chi connectivity index (χ2v) is 10.4.